The summed E-state index contributed by atoms with van der Waals surface area (Å²) in [5, 5.41) is 20.8. The molecule has 5 nitrogen and oxygen atoms in total. The van der Waals surface area contributed by atoms with E-state index >= 15 is 0 Å². The van der Waals surface area contributed by atoms with Crippen molar-refractivity contribution < 1.29 is 14.6 Å². The number of hydrogen-bond donors (Lipinski definition) is 2. The highest BCUT2D eigenvalue weighted by Gasteiger charge is 2.43. The minimum Gasteiger partial charge on any atom is -0.507 e. The van der Waals surface area contributed by atoms with Gasteiger partial charge < -0.3 is 9.84 Å². The van der Waals surface area contributed by atoms with Crippen molar-refractivity contribution in [2.75, 3.05) is 12.0 Å². The van der Waals surface area contributed by atoms with Crippen molar-refractivity contribution in [3.8, 4) is 5.75 Å². The summed E-state index contributed by atoms with van der Waals surface area (Å²) in [7, 11) is 1.61. The molecule has 0 fully saturated rings. The van der Waals surface area contributed by atoms with E-state index in [0.29, 0.717) is 35.3 Å². The Morgan fingerprint density at radius 1 is 0.941 bits per heavy atom. The summed E-state index contributed by atoms with van der Waals surface area (Å²) < 4.78 is 5.33. The Labute approximate surface area is 199 Å². The molecule has 5 heteroatoms. The van der Waals surface area contributed by atoms with Crippen molar-refractivity contribution in [3.05, 3.63) is 113 Å². The van der Waals surface area contributed by atoms with Crippen LogP contribution < -0.4 is 9.64 Å². The Balaban J connectivity index is 1.81. The van der Waals surface area contributed by atoms with E-state index in [1.54, 1.807) is 7.11 Å². The third-order valence-corrected chi connectivity index (χ3v) is 6.52. The zero-order valence-electron chi connectivity index (χ0n) is 19.0. The highest BCUT2D eigenvalue weighted by atomic mass is 16.5. The standard InChI is InChI=1S/C29H26N2O3/c1-34-22-17-15-19(16-18-22)25-26-23(13-8-14-24(26)32)31(21-11-6-3-7-12-21)29(30)27(25)28(33)20-9-4-2-5-10-20/h2-7,9-12,15-18,25,30,33H,8,13-14H2,1H3/t25-/m1/s1. The summed E-state index contributed by atoms with van der Waals surface area (Å²) in [6.45, 7) is 0. The molecular formula is C29H26N2O3. The van der Waals surface area contributed by atoms with Crippen LogP contribution in [0.1, 0.15) is 36.3 Å². The number of carbonyl (C=O) groups is 1. The predicted molar refractivity (Wildman–Crippen MR) is 134 cm³/mol. The number of benzene rings is 3. The number of nitrogens with one attached hydrogen (secondary N) is 1. The first-order valence-corrected chi connectivity index (χ1v) is 11.4. The first kappa shape index (κ1) is 21.7. The molecule has 170 valence electrons. The van der Waals surface area contributed by atoms with Gasteiger partial charge in [0.2, 0.25) is 0 Å². The quantitative estimate of drug-likeness (QED) is 0.461. The van der Waals surface area contributed by atoms with E-state index in [1.165, 1.54) is 0 Å². The number of rotatable bonds is 4. The molecule has 3 aromatic carbocycles. The highest BCUT2D eigenvalue weighted by molar-refractivity contribution is 6.19. The minimum absolute atomic E-state index is 0.0114. The third kappa shape index (κ3) is 3.69. The van der Waals surface area contributed by atoms with Gasteiger partial charge in [0.15, 0.2) is 5.78 Å². The molecule has 2 aliphatic rings. The lowest BCUT2D eigenvalue weighted by Crippen LogP contribution is -2.42. The summed E-state index contributed by atoms with van der Waals surface area (Å²) >= 11 is 0. The molecule has 0 saturated carbocycles. The van der Waals surface area contributed by atoms with E-state index in [2.05, 4.69) is 0 Å². The van der Waals surface area contributed by atoms with Gasteiger partial charge >= 0.3 is 0 Å². The van der Waals surface area contributed by atoms with Crippen LogP contribution >= 0.6 is 0 Å². The second kappa shape index (κ2) is 9.02. The van der Waals surface area contributed by atoms with Crippen molar-refractivity contribution >= 4 is 23.1 Å². The van der Waals surface area contributed by atoms with Crippen LogP contribution in [0.5, 0.6) is 5.75 Å². The molecule has 0 aromatic heterocycles. The van der Waals surface area contributed by atoms with Gasteiger partial charge in [-0.3, -0.25) is 15.1 Å². The lowest BCUT2D eigenvalue weighted by Gasteiger charge is -2.41. The fraction of sp³-hybridized carbons (Fsp3) is 0.172. The van der Waals surface area contributed by atoms with E-state index in [0.717, 1.165) is 23.4 Å². The van der Waals surface area contributed by atoms with Gasteiger partial charge in [0.25, 0.3) is 0 Å². The second-order valence-electron chi connectivity index (χ2n) is 8.49. The van der Waals surface area contributed by atoms with E-state index in [4.69, 9.17) is 4.74 Å². The molecule has 0 radical (unpaired) electrons. The van der Waals surface area contributed by atoms with Gasteiger partial charge in [-0.25, -0.2) is 0 Å². The van der Waals surface area contributed by atoms with Gasteiger partial charge in [0, 0.05) is 40.4 Å². The number of aliphatic hydroxyl groups excluding tert-OH is 1. The maximum Gasteiger partial charge on any atom is 0.161 e. The average Bonchev–Trinajstić information content (AvgIpc) is 2.89. The van der Waals surface area contributed by atoms with Crippen LogP contribution in [0.25, 0.3) is 5.76 Å². The number of para-hydroxylation sites is 1. The van der Waals surface area contributed by atoms with Gasteiger partial charge in [0.05, 0.1) is 7.11 Å². The third-order valence-electron chi connectivity index (χ3n) is 6.52. The van der Waals surface area contributed by atoms with E-state index < -0.39 is 5.92 Å². The molecule has 0 amide bonds. The van der Waals surface area contributed by atoms with Crippen molar-refractivity contribution in [1.82, 2.24) is 0 Å². The van der Waals surface area contributed by atoms with Gasteiger partial charge in [-0.05, 0) is 42.7 Å². The van der Waals surface area contributed by atoms with Crippen molar-refractivity contribution in [2.45, 2.75) is 25.2 Å². The number of carbonyl (C=O) groups excluding carboxylic acids is 1. The number of ketones is 1. The van der Waals surface area contributed by atoms with E-state index in [9.17, 15) is 15.3 Å². The van der Waals surface area contributed by atoms with E-state index in [1.807, 2.05) is 89.8 Å². The zero-order chi connectivity index (χ0) is 23.7. The van der Waals surface area contributed by atoms with Crippen LogP contribution in [0.4, 0.5) is 5.69 Å². The SMILES string of the molecule is COc1ccc([C@H]2C(=C(O)c3ccccc3)C(=N)N(c3ccccc3)C3=C2C(=O)CCC3)cc1. The fourth-order valence-electron chi connectivity index (χ4n) is 4.94. The average molecular weight is 451 g/mol. The van der Waals surface area contributed by atoms with Gasteiger partial charge in [0.1, 0.15) is 17.3 Å². The lowest BCUT2D eigenvalue weighted by atomic mass is 9.73. The van der Waals surface area contributed by atoms with Crippen molar-refractivity contribution in [2.24, 2.45) is 0 Å². The van der Waals surface area contributed by atoms with Crippen LogP contribution in [-0.2, 0) is 4.79 Å². The molecule has 3 aromatic rings. The van der Waals surface area contributed by atoms with Gasteiger partial charge in [-0.1, -0.05) is 60.7 Å². The Kier molecular flexibility index (Phi) is 5.76. The Morgan fingerprint density at radius 2 is 1.59 bits per heavy atom. The first-order valence-electron chi connectivity index (χ1n) is 11.4. The number of anilines is 1. The maximum atomic E-state index is 13.4. The summed E-state index contributed by atoms with van der Waals surface area (Å²) in [4.78, 5) is 15.3. The summed E-state index contributed by atoms with van der Waals surface area (Å²) in [5.41, 5.74) is 4.20. The van der Waals surface area contributed by atoms with Crippen LogP contribution in [0.15, 0.2) is 102 Å². The fourth-order valence-corrected chi connectivity index (χ4v) is 4.94. The number of Topliss-reactive ketones (excluding diaryl/α,β-unsaturated/α-hetero) is 1. The first-order chi connectivity index (χ1) is 16.6. The minimum atomic E-state index is -0.540. The second-order valence-corrected chi connectivity index (χ2v) is 8.49. The number of aliphatic hydroxyl groups is 1. The molecule has 2 N–H and O–H groups in total. The normalized spacial score (nSPS) is 19.7. The molecular weight excluding hydrogens is 424 g/mol. The number of nitrogens with zero attached hydrogens (tertiary/aromatic N) is 1. The van der Waals surface area contributed by atoms with Crippen molar-refractivity contribution in [1.29, 1.82) is 5.41 Å². The molecule has 1 aliphatic carbocycles. The molecule has 0 spiro atoms. The molecule has 34 heavy (non-hydrogen) atoms. The molecule has 0 saturated heterocycles. The lowest BCUT2D eigenvalue weighted by molar-refractivity contribution is -0.116. The number of hydrogen-bond acceptors (Lipinski definition) is 4. The Bertz CT molecular complexity index is 1290. The molecule has 1 heterocycles. The topological polar surface area (TPSA) is 73.6 Å². The molecule has 5 rings (SSSR count). The van der Waals surface area contributed by atoms with Crippen molar-refractivity contribution in [3.63, 3.8) is 0 Å². The summed E-state index contributed by atoms with van der Waals surface area (Å²) in [6.07, 6.45) is 1.90. The van der Waals surface area contributed by atoms with Crippen LogP contribution in [0, 0.1) is 5.41 Å². The van der Waals surface area contributed by atoms with E-state index in [-0.39, 0.29) is 17.4 Å². The molecule has 0 bridgehead atoms. The highest BCUT2D eigenvalue weighted by Crippen LogP contribution is 2.48. The monoisotopic (exact) mass is 450 g/mol. The number of amidine groups is 1. The number of allylic oxidation sites excluding steroid dienone is 2. The largest absolute Gasteiger partial charge is 0.507 e. The zero-order valence-corrected chi connectivity index (χ0v) is 19.0. The van der Waals surface area contributed by atoms with Crippen LogP contribution in [-0.4, -0.2) is 23.8 Å². The Hall–Kier alpha value is -4.12. The maximum absolute atomic E-state index is 13.4. The number of ether oxygens (including phenoxy) is 1. The van der Waals surface area contributed by atoms with Crippen LogP contribution in [0.3, 0.4) is 0 Å². The Morgan fingerprint density at radius 3 is 2.24 bits per heavy atom. The van der Waals surface area contributed by atoms with Gasteiger partial charge in [-0.2, -0.15) is 0 Å². The van der Waals surface area contributed by atoms with Gasteiger partial charge in [-0.15, -0.1) is 0 Å². The number of methoxy groups -OCH3 is 1. The molecule has 0 unspecified atom stereocenters. The predicted octanol–water partition coefficient (Wildman–Crippen LogP) is 6.25. The summed E-state index contributed by atoms with van der Waals surface area (Å²) in [6, 6.07) is 26.4. The van der Waals surface area contributed by atoms with Crippen LogP contribution in [0.2, 0.25) is 0 Å². The summed E-state index contributed by atoms with van der Waals surface area (Å²) in [5.74, 6) is 0.428. The molecule has 1 aliphatic heterocycles. The smallest absolute Gasteiger partial charge is 0.161 e. The molecule has 1 atom stereocenters.